The Morgan fingerprint density at radius 2 is 1.77 bits per heavy atom. The van der Waals surface area contributed by atoms with Gasteiger partial charge in [0, 0.05) is 45.5 Å². The number of hydrogen-bond acceptors (Lipinski definition) is 5. The summed E-state index contributed by atoms with van der Waals surface area (Å²) in [5.41, 5.74) is 1.64. The first-order chi connectivity index (χ1) is 15.1. The average molecular weight is 423 g/mol. The molecule has 0 spiro atoms. The van der Waals surface area contributed by atoms with Crippen LogP contribution in [0.1, 0.15) is 17.8 Å². The molecule has 2 aromatic heterocycles. The van der Waals surface area contributed by atoms with E-state index in [1.165, 1.54) is 10.2 Å². The zero-order valence-corrected chi connectivity index (χ0v) is 18.0. The molecule has 1 aromatic carbocycles. The van der Waals surface area contributed by atoms with Crippen LogP contribution in [0, 0.1) is 6.92 Å². The molecule has 0 aliphatic carbocycles. The Kier molecular flexibility index (Phi) is 6.79. The second-order valence-corrected chi connectivity index (χ2v) is 8.08. The largest absolute Gasteiger partial charge is 0.354 e. The molecule has 164 valence electrons. The highest BCUT2D eigenvalue weighted by molar-refractivity contribution is 5.75. The predicted molar refractivity (Wildman–Crippen MR) is 120 cm³/mol. The number of aryl methyl sites for hydroxylation is 1. The summed E-state index contributed by atoms with van der Waals surface area (Å²) >= 11 is 0. The predicted octanol–water partition coefficient (Wildman–Crippen LogP) is 1.13. The van der Waals surface area contributed by atoms with E-state index in [2.05, 4.69) is 50.5 Å². The molecule has 8 nitrogen and oxygen atoms in total. The van der Waals surface area contributed by atoms with Crippen LogP contribution in [0.15, 0.2) is 53.5 Å². The number of nitrogens with zero attached hydrogens (tertiary/aromatic N) is 5. The van der Waals surface area contributed by atoms with Crippen molar-refractivity contribution in [3.05, 3.63) is 70.4 Å². The summed E-state index contributed by atoms with van der Waals surface area (Å²) in [5, 5.41) is 7.16. The summed E-state index contributed by atoms with van der Waals surface area (Å²) in [6, 6.07) is 14.1. The molecule has 1 N–H and O–H groups in total. The van der Waals surface area contributed by atoms with Crippen LogP contribution >= 0.6 is 0 Å². The van der Waals surface area contributed by atoms with E-state index in [9.17, 15) is 9.59 Å². The SMILES string of the molecule is Cc1nn(CC(=O)NCCCN2CCN(Cc3ccccc3)CC2)c(=O)c2cccn12. The lowest BCUT2D eigenvalue weighted by atomic mass is 10.2. The number of carbonyl (C=O) groups is 1. The molecule has 0 unspecified atom stereocenters. The lowest BCUT2D eigenvalue weighted by molar-refractivity contribution is -0.121. The molecule has 1 aliphatic rings. The van der Waals surface area contributed by atoms with Crippen molar-refractivity contribution in [3.63, 3.8) is 0 Å². The van der Waals surface area contributed by atoms with Crippen molar-refractivity contribution in [1.82, 2.24) is 29.3 Å². The van der Waals surface area contributed by atoms with Gasteiger partial charge in [0.25, 0.3) is 5.56 Å². The van der Waals surface area contributed by atoms with Crippen LogP contribution in [0.5, 0.6) is 0 Å². The minimum Gasteiger partial charge on any atom is -0.354 e. The van der Waals surface area contributed by atoms with Gasteiger partial charge in [0.1, 0.15) is 17.9 Å². The number of benzene rings is 1. The lowest BCUT2D eigenvalue weighted by Gasteiger charge is -2.34. The van der Waals surface area contributed by atoms with E-state index >= 15 is 0 Å². The van der Waals surface area contributed by atoms with Gasteiger partial charge in [0.2, 0.25) is 5.91 Å². The maximum absolute atomic E-state index is 12.4. The van der Waals surface area contributed by atoms with Gasteiger partial charge in [-0.1, -0.05) is 30.3 Å². The minimum atomic E-state index is -0.251. The summed E-state index contributed by atoms with van der Waals surface area (Å²) in [6.07, 6.45) is 2.69. The molecule has 0 bridgehead atoms. The van der Waals surface area contributed by atoms with Gasteiger partial charge in [-0.25, -0.2) is 4.68 Å². The Labute approximate surface area is 182 Å². The van der Waals surface area contributed by atoms with E-state index in [0.717, 1.165) is 45.7 Å². The Bertz CT molecular complexity index is 1070. The van der Waals surface area contributed by atoms with Crippen LogP contribution in [0.2, 0.25) is 0 Å². The molecular formula is C23H30N6O2. The number of rotatable bonds is 8. The molecule has 0 saturated carbocycles. The fraction of sp³-hybridized carbons (Fsp3) is 0.435. The van der Waals surface area contributed by atoms with Crippen LogP contribution in [-0.2, 0) is 17.9 Å². The molecule has 3 aromatic rings. The number of aromatic nitrogens is 3. The first-order valence-electron chi connectivity index (χ1n) is 10.9. The van der Waals surface area contributed by atoms with Crippen molar-refractivity contribution in [3.8, 4) is 0 Å². The molecule has 31 heavy (non-hydrogen) atoms. The van der Waals surface area contributed by atoms with Gasteiger partial charge < -0.3 is 10.2 Å². The van der Waals surface area contributed by atoms with E-state index in [1.54, 1.807) is 22.7 Å². The van der Waals surface area contributed by atoms with Gasteiger partial charge in [-0.05, 0) is 37.6 Å². The average Bonchev–Trinajstić information content (AvgIpc) is 3.28. The lowest BCUT2D eigenvalue weighted by Crippen LogP contribution is -2.46. The van der Waals surface area contributed by atoms with E-state index in [-0.39, 0.29) is 18.0 Å². The van der Waals surface area contributed by atoms with Crippen LogP contribution in [0.25, 0.3) is 5.52 Å². The third kappa shape index (κ3) is 5.39. The molecule has 1 fully saturated rings. The van der Waals surface area contributed by atoms with Gasteiger partial charge in [-0.3, -0.25) is 18.9 Å². The van der Waals surface area contributed by atoms with Gasteiger partial charge >= 0.3 is 0 Å². The smallest absolute Gasteiger partial charge is 0.291 e. The Hall–Kier alpha value is -2.97. The topological polar surface area (TPSA) is 74.9 Å². The number of carbonyl (C=O) groups excluding carboxylic acids is 1. The summed E-state index contributed by atoms with van der Waals surface area (Å²) in [7, 11) is 0. The maximum atomic E-state index is 12.4. The van der Waals surface area contributed by atoms with Crippen LogP contribution in [-0.4, -0.2) is 69.2 Å². The fourth-order valence-corrected chi connectivity index (χ4v) is 4.08. The second kappa shape index (κ2) is 9.89. The highest BCUT2D eigenvalue weighted by Crippen LogP contribution is 2.08. The number of piperazine rings is 1. The number of amides is 1. The summed E-state index contributed by atoms with van der Waals surface area (Å²) in [6.45, 7) is 8.58. The van der Waals surface area contributed by atoms with Gasteiger partial charge in [-0.2, -0.15) is 5.10 Å². The second-order valence-electron chi connectivity index (χ2n) is 8.08. The molecule has 1 saturated heterocycles. The first kappa shape index (κ1) is 21.3. The summed E-state index contributed by atoms with van der Waals surface area (Å²) in [5.74, 6) is 0.497. The standard InChI is InChI=1S/C23H30N6O2/c1-19-25-29(23(31)21-9-5-12-28(19)21)18-22(30)24-10-6-11-26-13-15-27(16-14-26)17-20-7-3-2-4-8-20/h2-5,7-9,12H,6,10-11,13-18H2,1H3,(H,24,30). The molecular weight excluding hydrogens is 392 g/mol. The number of hydrogen-bond donors (Lipinski definition) is 1. The quantitative estimate of drug-likeness (QED) is 0.551. The third-order valence-corrected chi connectivity index (χ3v) is 5.80. The van der Waals surface area contributed by atoms with Crippen molar-refractivity contribution in [2.75, 3.05) is 39.3 Å². The van der Waals surface area contributed by atoms with Crippen LogP contribution < -0.4 is 10.9 Å². The van der Waals surface area contributed by atoms with Crippen molar-refractivity contribution in [1.29, 1.82) is 0 Å². The van der Waals surface area contributed by atoms with Crippen molar-refractivity contribution < 1.29 is 4.79 Å². The van der Waals surface area contributed by atoms with Gasteiger partial charge in [0.15, 0.2) is 0 Å². The molecule has 0 radical (unpaired) electrons. The van der Waals surface area contributed by atoms with Crippen LogP contribution in [0.4, 0.5) is 0 Å². The number of fused-ring (bicyclic) bond motifs is 1. The highest BCUT2D eigenvalue weighted by Gasteiger charge is 2.16. The van der Waals surface area contributed by atoms with E-state index in [4.69, 9.17) is 0 Å². The monoisotopic (exact) mass is 422 g/mol. The fourth-order valence-electron chi connectivity index (χ4n) is 4.08. The maximum Gasteiger partial charge on any atom is 0.291 e. The number of nitrogens with one attached hydrogen (secondary N) is 1. The zero-order chi connectivity index (χ0) is 21.6. The Morgan fingerprint density at radius 1 is 1.03 bits per heavy atom. The molecule has 0 atom stereocenters. The van der Waals surface area contributed by atoms with Crippen molar-refractivity contribution in [2.24, 2.45) is 0 Å². The summed E-state index contributed by atoms with van der Waals surface area (Å²) in [4.78, 5) is 29.7. The highest BCUT2D eigenvalue weighted by atomic mass is 16.2. The zero-order valence-electron chi connectivity index (χ0n) is 18.0. The van der Waals surface area contributed by atoms with Crippen molar-refractivity contribution >= 4 is 11.4 Å². The van der Waals surface area contributed by atoms with Crippen LogP contribution in [0.3, 0.4) is 0 Å². The Morgan fingerprint density at radius 3 is 2.55 bits per heavy atom. The minimum absolute atomic E-state index is 0.0560. The van der Waals surface area contributed by atoms with E-state index in [0.29, 0.717) is 17.9 Å². The molecule has 8 heteroatoms. The van der Waals surface area contributed by atoms with Gasteiger partial charge in [0.05, 0.1) is 0 Å². The molecule has 1 aliphatic heterocycles. The third-order valence-electron chi connectivity index (χ3n) is 5.80. The normalized spacial score (nSPS) is 15.4. The molecule has 3 heterocycles. The summed E-state index contributed by atoms with van der Waals surface area (Å²) < 4.78 is 2.97. The van der Waals surface area contributed by atoms with Gasteiger partial charge in [-0.15, -0.1) is 0 Å². The van der Waals surface area contributed by atoms with Crippen molar-refractivity contribution in [2.45, 2.75) is 26.4 Å². The molecule has 1 amide bonds. The molecule has 4 rings (SSSR count). The Balaban J connectivity index is 1.16. The first-order valence-corrected chi connectivity index (χ1v) is 10.9. The van der Waals surface area contributed by atoms with E-state index in [1.807, 2.05) is 6.92 Å². The van der Waals surface area contributed by atoms with E-state index < -0.39 is 0 Å².